The van der Waals surface area contributed by atoms with Crippen molar-refractivity contribution >= 4 is 27.5 Å². The molecule has 1 aromatic heterocycles. The van der Waals surface area contributed by atoms with Crippen LogP contribution in [0.1, 0.15) is 36.0 Å². The number of hydrogen-bond donors (Lipinski definition) is 2. The number of nitrogens with zero attached hydrogens (tertiary/aromatic N) is 2. The number of anilines is 1. The van der Waals surface area contributed by atoms with Gasteiger partial charge in [0.15, 0.2) is 0 Å². The van der Waals surface area contributed by atoms with E-state index < -0.39 is 10.0 Å². The number of aliphatic imine (C=N–C) groups is 1. The van der Waals surface area contributed by atoms with Gasteiger partial charge in [0.2, 0.25) is 0 Å². The Morgan fingerprint density at radius 3 is 2.42 bits per heavy atom. The Bertz CT molecular complexity index is 894. The fourth-order valence-corrected chi connectivity index (χ4v) is 3.68. The number of nitrogens with one attached hydrogen (secondary N) is 2. The smallest absolute Gasteiger partial charge is 0.262 e. The van der Waals surface area contributed by atoms with Crippen LogP contribution in [-0.2, 0) is 10.0 Å². The Morgan fingerprint density at radius 2 is 1.69 bits per heavy atom. The van der Waals surface area contributed by atoms with E-state index in [1.54, 1.807) is 24.3 Å². The van der Waals surface area contributed by atoms with E-state index in [-0.39, 0.29) is 10.8 Å². The summed E-state index contributed by atoms with van der Waals surface area (Å²) in [6.45, 7) is 0.651. The molecular formula is C18H20N4O3S. The van der Waals surface area contributed by atoms with Crippen molar-refractivity contribution in [2.75, 3.05) is 11.9 Å². The Labute approximate surface area is 152 Å². The molecule has 0 saturated carbocycles. The van der Waals surface area contributed by atoms with E-state index >= 15 is 0 Å². The molecule has 2 heterocycles. The molecule has 3 rings (SSSR count). The van der Waals surface area contributed by atoms with Crippen molar-refractivity contribution in [1.29, 1.82) is 0 Å². The third kappa shape index (κ3) is 4.66. The fourth-order valence-electron chi connectivity index (χ4n) is 2.60. The maximum absolute atomic E-state index is 12.5. The molecule has 0 aliphatic carbocycles. The summed E-state index contributed by atoms with van der Waals surface area (Å²) in [5.74, 6) is 0.228. The van der Waals surface area contributed by atoms with Crippen molar-refractivity contribution in [3.05, 3.63) is 54.4 Å². The highest BCUT2D eigenvalue weighted by Crippen LogP contribution is 2.16. The minimum absolute atomic E-state index is 0.131. The Hall–Kier alpha value is -2.74. The molecule has 136 valence electrons. The summed E-state index contributed by atoms with van der Waals surface area (Å²) in [6, 6.07) is 9.24. The number of pyridine rings is 1. The minimum Gasteiger partial charge on any atom is -0.322 e. The van der Waals surface area contributed by atoms with Crippen molar-refractivity contribution < 1.29 is 13.2 Å². The van der Waals surface area contributed by atoms with Gasteiger partial charge in [-0.05, 0) is 49.2 Å². The highest BCUT2D eigenvalue weighted by Gasteiger charge is 2.17. The molecule has 0 saturated heterocycles. The van der Waals surface area contributed by atoms with Crippen molar-refractivity contribution in [2.45, 2.75) is 30.6 Å². The first kappa shape index (κ1) is 18.1. The SMILES string of the molecule is O=C(Nc1ccc(S(=O)(=O)NC2=NCCCCC2)cc1)c1ccncc1. The summed E-state index contributed by atoms with van der Waals surface area (Å²) >= 11 is 0. The predicted octanol–water partition coefficient (Wildman–Crippen LogP) is 2.58. The largest absolute Gasteiger partial charge is 0.322 e. The number of sulfonamides is 1. The van der Waals surface area contributed by atoms with Gasteiger partial charge in [0.1, 0.15) is 5.84 Å². The van der Waals surface area contributed by atoms with Crippen LogP contribution in [0.5, 0.6) is 0 Å². The van der Waals surface area contributed by atoms with E-state index in [0.717, 1.165) is 19.3 Å². The normalized spacial score (nSPS) is 14.8. The Kier molecular flexibility index (Phi) is 5.62. The summed E-state index contributed by atoms with van der Waals surface area (Å²) < 4.78 is 27.5. The monoisotopic (exact) mass is 372 g/mol. The van der Waals surface area contributed by atoms with Crippen LogP contribution in [0.15, 0.2) is 58.7 Å². The number of carbonyl (C=O) groups excluding carboxylic acids is 1. The zero-order valence-corrected chi connectivity index (χ0v) is 15.0. The molecule has 1 aliphatic heterocycles. The molecule has 1 aromatic carbocycles. The standard InChI is InChI=1S/C18H20N4O3S/c23-18(14-9-12-19-13-10-14)21-15-5-7-16(8-6-15)26(24,25)22-17-4-2-1-3-11-20-17/h5-10,12-13H,1-4,11H2,(H,20,22)(H,21,23). The number of amidine groups is 1. The molecule has 0 radical (unpaired) electrons. The molecule has 0 fully saturated rings. The lowest BCUT2D eigenvalue weighted by Gasteiger charge is -2.10. The molecular weight excluding hydrogens is 352 g/mol. The fraction of sp³-hybridized carbons (Fsp3) is 0.278. The van der Waals surface area contributed by atoms with Gasteiger partial charge in [-0.25, -0.2) is 8.42 Å². The van der Waals surface area contributed by atoms with Crippen LogP contribution in [0.25, 0.3) is 0 Å². The summed E-state index contributed by atoms with van der Waals surface area (Å²) in [5, 5.41) is 2.72. The van der Waals surface area contributed by atoms with Crippen LogP contribution in [0, 0.1) is 0 Å². The summed E-state index contributed by atoms with van der Waals surface area (Å²) in [4.78, 5) is 20.4. The van der Waals surface area contributed by atoms with Crippen LogP contribution in [-0.4, -0.2) is 31.7 Å². The molecule has 0 unspecified atom stereocenters. The van der Waals surface area contributed by atoms with Crippen molar-refractivity contribution in [2.24, 2.45) is 4.99 Å². The van der Waals surface area contributed by atoms with Gasteiger partial charge in [0.05, 0.1) is 4.90 Å². The van der Waals surface area contributed by atoms with E-state index in [4.69, 9.17) is 0 Å². The summed E-state index contributed by atoms with van der Waals surface area (Å²) in [6.07, 6.45) is 6.68. The molecule has 1 amide bonds. The lowest BCUT2D eigenvalue weighted by Crippen LogP contribution is -2.30. The Morgan fingerprint density at radius 1 is 0.962 bits per heavy atom. The molecule has 0 atom stereocenters. The van der Waals surface area contributed by atoms with E-state index in [0.29, 0.717) is 30.1 Å². The zero-order valence-electron chi connectivity index (χ0n) is 14.2. The second-order valence-corrected chi connectivity index (χ2v) is 7.64. The predicted molar refractivity (Wildman–Crippen MR) is 99.7 cm³/mol. The van der Waals surface area contributed by atoms with E-state index in [9.17, 15) is 13.2 Å². The molecule has 7 nitrogen and oxygen atoms in total. The highest BCUT2D eigenvalue weighted by molar-refractivity contribution is 7.90. The van der Waals surface area contributed by atoms with Crippen LogP contribution in [0.2, 0.25) is 0 Å². The third-order valence-corrected chi connectivity index (χ3v) is 5.39. The average molecular weight is 372 g/mol. The number of rotatable bonds is 4. The second-order valence-electron chi connectivity index (χ2n) is 5.96. The zero-order chi connectivity index (χ0) is 18.4. The van der Waals surface area contributed by atoms with Gasteiger partial charge in [-0.3, -0.25) is 19.5 Å². The summed E-state index contributed by atoms with van der Waals surface area (Å²) in [7, 11) is -3.68. The molecule has 1 aliphatic rings. The Balaban J connectivity index is 1.68. The number of hydrogen-bond acceptors (Lipinski definition) is 5. The van der Waals surface area contributed by atoms with Gasteiger partial charge in [0, 0.05) is 36.6 Å². The van der Waals surface area contributed by atoms with E-state index in [2.05, 4.69) is 20.0 Å². The first-order valence-electron chi connectivity index (χ1n) is 8.42. The van der Waals surface area contributed by atoms with Gasteiger partial charge < -0.3 is 5.32 Å². The maximum Gasteiger partial charge on any atom is 0.262 e. The van der Waals surface area contributed by atoms with Gasteiger partial charge >= 0.3 is 0 Å². The van der Waals surface area contributed by atoms with Crippen LogP contribution in [0.4, 0.5) is 5.69 Å². The van der Waals surface area contributed by atoms with Crippen LogP contribution >= 0.6 is 0 Å². The minimum atomic E-state index is -3.68. The second kappa shape index (κ2) is 8.09. The number of benzene rings is 1. The molecule has 0 bridgehead atoms. The molecule has 8 heteroatoms. The van der Waals surface area contributed by atoms with Crippen molar-refractivity contribution in [1.82, 2.24) is 9.71 Å². The third-order valence-electron chi connectivity index (χ3n) is 3.99. The number of amides is 1. The average Bonchev–Trinajstić information content (AvgIpc) is 2.91. The first-order chi connectivity index (χ1) is 12.5. The van der Waals surface area contributed by atoms with E-state index in [1.807, 2.05) is 0 Å². The number of carbonyl (C=O) groups is 1. The lowest BCUT2D eigenvalue weighted by molar-refractivity contribution is 0.102. The molecule has 2 N–H and O–H groups in total. The van der Waals surface area contributed by atoms with Crippen LogP contribution in [0.3, 0.4) is 0 Å². The number of aromatic nitrogens is 1. The quantitative estimate of drug-likeness (QED) is 0.861. The van der Waals surface area contributed by atoms with Gasteiger partial charge in [-0.1, -0.05) is 6.42 Å². The van der Waals surface area contributed by atoms with Crippen LogP contribution < -0.4 is 10.0 Å². The van der Waals surface area contributed by atoms with Gasteiger partial charge in [-0.2, -0.15) is 0 Å². The highest BCUT2D eigenvalue weighted by atomic mass is 32.2. The molecule has 0 spiro atoms. The van der Waals surface area contributed by atoms with Gasteiger partial charge in [-0.15, -0.1) is 0 Å². The molecule has 26 heavy (non-hydrogen) atoms. The maximum atomic E-state index is 12.5. The van der Waals surface area contributed by atoms with Gasteiger partial charge in [0.25, 0.3) is 15.9 Å². The first-order valence-corrected chi connectivity index (χ1v) is 9.90. The van der Waals surface area contributed by atoms with E-state index in [1.165, 1.54) is 24.5 Å². The van der Waals surface area contributed by atoms with Crippen molar-refractivity contribution in [3.8, 4) is 0 Å². The topological polar surface area (TPSA) is 101 Å². The van der Waals surface area contributed by atoms with Crippen molar-refractivity contribution in [3.63, 3.8) is 0 Å². The molecule has 2 aromatic rings. The summed E-state index contributed by atoms with van der Waals surface area (Å²) in [5.41, 5.74) is 0.988. The lowest BCUT2D eigenvalue weighted by atomic mass is 10.2.